The van der Waals surface area contributed by atoms with Crippen molar-refractivity contribution in [2.75, 3.05) is 31.9 Å². The standard InChI is InChI=1S/C14H22FN3O2S/c1-14(2,3)17-7-9-18(10-8-17)21(19,20)13-11(15)5-4-6-12(13)16/h4-6H,7-10,16H2,1-3H3. The molecule has 0 amide bonds. The Kier molecular flexibility index (Phi) is 4.28. The molecule has 7 heteroatoms. The maximum Gasteiger partial charge on any atom is 0.248 e. The van der Waals surface area contributed by atoms with Gasteiger partial charge in [-0.15, -0.1) is 0 Å². The first-order chi connectivity index (χ1) is 9.64. The van der Waals surface area contributed by atoms with Gasteiger partial charge in [-0.2, -0.15) is 4.31 Å². The first kappa shape index (κ1) is 16.2. The number of nitrogen functional groups attached to an aromatic ring is 1. The Balaban J connectivity index is 2.23. The van der Waals surface area contributed by atoms with E-state index in [4.69, 9.17) is 5.73 Å². The van der Waals surface area contributed by atoms with Crippen LogP contribution in [-0.2, 0) is 10.0 Å². The summed E-state index contributed by atoms with van der Waals surface area (Å²) in [5.41, 5.74) is 5.60. The number of nitrogens with zero attached hydrogens (tertiary/aromatic N) is 2. The van der Waals surface area contributed by atoms with E-state index in [0.29, 0.717) is 26.2 Å². The highest BCUT2D eigenvalue weighted by molar-refractivity contribution is 7.89. The average Bonchev–Trinajstić information content (AvgIpc) is 2.37. The van der Waals surface area contributed by atoms with Crippen LogP contribution in [0.15, 0.2) is 23.1 Å². The highest BCUT2D eigenvalue weighted by atomic mass is 32.2. The SMILES string of the molecule is CC(C)(C)N1CCN(S(=O)(=O)c2c(N)cccc2F)CC1. The number of benzene rings is 1. The molecule has 0 aliphatic carbocycles. The Morgan fingerprint density at radius 2 is 1.71 bits per heavy atom. The molecule has 0 unspecified atom stereocenters. The second-order valence-corrected chi connectivity index (χ2v) is 8.09. The van der Waals surface area contributed by atoms with Crippen molar-refractivity contribution < 1.29 is 12.8 Å². The Morgan fingerprint density at radius 1 is 1.14 bits per heavy atom. The van der Waals surface area contributed by atoms with E-state index in [2.05, 4.69) is 25.7 Å². The highest BCUT2D eigenvalue weighted by Crippen LogP contribution is 2.27. The van der Waals surface area contributed by atoms with Gasteiger partial charge in [0.05, 0.1) is 5.69 Å². The Morgan fingerprint density at radius 3 is 2.19 bits per heavy atom. The molecule has 0 aromatic heterocycles. The van der Waals surface area contributed by atoms with E-state index in [1.165, 1.54) is 16.4 Å². The minimum atomic E-state index is -3.89. The number of hydrogen-bond donors (Lipinski definition) is 1. The van der Waals surface area contributed by atoms with Gasteiger partial charge in [-0.25, -0.2) is 12.8 Å². The van der Waals surface area contributed by atoms with Gasteiger partial charge in [0.1, 0.15) is 10.7 Å². The smallest absolute Gasteiger partial charge is 0.248 e. The molecule has 1 aromatic carbocycles. The van der Waals surface area contributed by atoms with Crippen LogP contribution < -0.4 is 5.73 Å². The van der Waals surface area contributed by atoms with E-state index < -0.39 is 20.7 Å². The molecule has 1 saturated heterocycles. The summed E-state index contributed by atoms with van der Waals surface area (Å²) in [6.45, 7) is 8.19. The van der Waals surface area contributed by atoms with Crippen molar-refractivity contribution in [1.29, 1.82) is 0 Å². The molecule has 118 valence electrons. The van der Waals surface area contributed by atoms with Crippen molar-refractivity contribution in [2.24, 2.45) is 0 Å². The molecule has 1 aromatic rings. The van der Waals surface area contributed by atoms with E-state index in [9.17, 15) is 12.8 Å². The van der Waals surface area contributed by atoms with Crippen molar-refractivity contribution in [3.8, 4) is 0 Å². The molecule has 0 spiro atoms. The van der Waals surface area contributed by atoms with Gasteiger partial charge in [-0.1, -0.05) is 6.07 Å². The van der Waals surface area contributed by atoms with E-state index >= 15 is 0 Å². The van der Waals surface area contributed by atoms with Crippen molar-refractivity contribution in [1.82, 2.24) is 9.21 Å². The molecule has 2 rings (SSSR count). The van der Waals surface area contributed by atoms with Crippen LogP contribution in [0.1, 0.15) is 20.8 Å². The lowest BCUT2D eigenvalue weighted by atomic mass is 10.1. The van der Waals surface area contributed by atoms with Crippen LogP contribution in [0.3, 0.4) is 0 Å². The van der Waals surface area contributed by atoms with Gasteiger partial charge in [0.2, 0.25) is 10.0 Å². The number of halogens is 1. The number of piperazine rings is 1. The molecule has 5 nitrogen and oxygen atoms in total. The topological polar surface area (TPSA) is 66.6 Å². The molecule has 21 heavy (non-hydrogen) atoms. The van der Waals surface area contributed by atoms with Gasteiger partial charge in [-0.3, -0.25) is 4.90 Å². The summed E-state index contributed by atoms with van der Waals surface area (Å²) in [6.07, 6.45) is 0. The van der Waals surface area contributed by atoms with E-state index in [1.807, 2.05) is 0 Å². The Labute approximate surface area is 125 Å². The number of nitrogens with two attached hydrogens (primary N) is 1. The zero-order chi connectivity index (χ0) is 15.8. The molecular formula is C14H22FN3O2S. The minimum Gasteiger partial charge on any atom is -0.398 e. The largest absolute Gasteiger partial charge is 0.398 e. The molecule has 2 N–H and O–H groups in total. The Hall–Kier alpha value is -1.18. The maximum atomic E-state index is 13.9. The summed E-state index contributed by atoms with van der Waals surface area (Å²) in [5.74, 6) is -0.798. The monoisotopic (exact) mass is 315 g/mol. The van der Waals surface area contributed by atoms with Crippen LogP contribution in [0.4, 0.5) is 10.1 Å². The fraction of sp³-hybridized carbons (Fsp3) is 0.571. The van der Waals surface area contributed by atoms with Crippen LogP contribution >= 0.6 is 0 Å². The quantitative estimate of drug-likeness (QED) is 0.840. The average molecular weight is 315 g/mol. The number of hydrogen-bond acceptors (Lipinski definition) is 4. The zero-order valence-electron chi connectivity index (χ0n) is 12.6. The molecule has 1 aliphatic rings. The molecule has 0 saturated carbocycles. The van der Waals surface area contributed by atoms with Crippen LogP contribution in [-0.4, -0.2) is 49.3 Å². The molecule has 1 heterocycles. The van der Waals surface area contributed by atoms with Gasteiger partial charge in [0.15, 0.2) is 0 Å². The third-order valence-electron chi connectivity index (χ3n) is 3.78. The predicted octanol–water partition coefficient (Wildman–Crippen LogP) is 1.51. The third-order valence-corrected chi connectivity index (χ3v) is 5.77. The molecule has 0 atom stereocenters. The third kappa shape index (κ3) is 3.20. The number of anilines is 1. The summed E-state index contributed by atoms with van der Waals surface area (Å²) in [4.78, 5) is 1.80. The molecular weight excluding hydrogens is 293 g/mol. The van der Waals surface area contributed by atoms with Crippen molar-refractivity contribution in [2.45, 2.75) is 31.2 Å². The van der Waals surface area contributed by atoms with Crippen molar-refractivity contribution >= 4 is 15.7 Å². The van der Waals surface area contributed by atoms with Gasteiger partial charge >= 0.3 is 0 Å². The number of sulfonamides is 1. The second-order valence-electron chi connectivity index (χ2n) is 6.22. The normalized spacial score (nSPS) is 18.9. The summed E-state index contributed by atoms with van der Waals surface area (Å²) in [7, 11) is -3.89. The first-order valence-electron chi connectivity index (χ1n) is 6.93. The predicted molar refractivity (Wildman–Crippen MR) is 80.9 cm³/mol. The zero-order valence-corrected chi connectivity index (χ0v) is 13.5. The fourth-order valence-corrected chi connectivity index (χ4v) is 4.11. The lowest BCUT2D eigenvalue weighted by Crippen LogP contribution is -2.54. The summed E-state index contributed by atoms with van der Waals surface area (Å²) in [6, 6.07) is 3.93. The summed E-state index contributed by atoms with van der Waals surface area (Å²) < 4.78 is 40.3. The maximum absolute atomic E-state index is 13.9. The Bertz CT molecular complexity index is 597. The summed E-state index contributed by atoms with van der Waals surface area (Å²) >= 11 is 0. The lowest BCUT2D eigenvalue weighted by Gasteiger charge is -2.41. The van der Waals surface area contributed by atoms with E-state index in [0.717, 1.165) is 6.07 Å². The second kappa shape index (κ2) is 5.55. The van der Waals surface area contributed by atoms with Crippen LogP contribution in [0.25, 0.3) is 0 Å². The van der Waals surface area contributed by atoms with Crippen LogP contribution in [0, 0.1) is 5.82 Å². The molecule has 1 fully saturated rings. The highest BCUT2D eigenvalue weighted by Gasteiger charge is 2.34. The lowest BCUT2D eigenvalue weighted by molar-refractivity contribution is 0.0921. The molecule has 1 aliphatic heterocycles. The van der Waals surface area contributed by atoms with Crippen molar-refractivity contribution in [3.05, 3.63) is 24.0 Å². The fourth-order valence-electron chi connectivity index (χ4n) is 2.53. The van der Waals surface area contributed by atoms with Gasteiger partial charge < -0.3 is 5.73 Å². The first-order valence-corrected chi connectivity index (χ1v) is 8.37. The minimum absolute atomic E-state index is 0.00707. The summed E-state index contributed by atoms with van der Waals surface area (Å²) in [5, 5.41) is 0. The number of rotatable bonds is 2. The van der Waals surface area contributed by atoms with Crippen LogP contribution in [0.2, 0.25) is 0 Å². The van der Waals surface area contributed by atoms with Gasteiger partial charge in [0.25, 0.3) is 0 Å². The van der Waals surface area contributed by atoms with Crippen LogP contribution in [0.5, 0.6) is 0 Å². The van der Waals surface area contributed by atoms with Crippen molar-refractivity contribution in [3.63, 3.8) is 0 Å². The van der Waals surface area contributed by atoms with E-state index in [1.54, 1.807) is 0 Å². The van der Waals surface area contributed by atoms with Gasteiger partial charge in [0, 0.05) is 31.7 Å². The van der Waals surface area contributed by atoms with Gasteiger partial charge in [-0.05, 0) is 32.9 Å². The molecule has 0 bridgehead atoms. The molecule has 0 radical (unpaired) electrons. The van der Waals surface area contributed by atoms with E-state index in [-0.39, 0.29) is 11.2 Å².